The van der Waals surface area contributed by atoms with E-state index in [-0.39, 0.29) is 41.2 Å². The molecule has 0 radical (unpaired) electrons. The van der Waals surface area contributed by atoms with Gasteiger partial charge in [-0.05, 0) is 0 Å². The maximum atomic E-state index is 6.31. The van der Waals surface area contributed by atoms with Gasteiger partial charge >= 0.3 is 148 Å². The molecule has 0 saturated carbocycles. The van der Waals surface area contributed by atoms with Gasteiger partial charge in [-0.15, -0.1) is 0 Å². The molecule has 0 N–H and O–H groups in total. The number of hydrogen-bond donors (Lipinski definition) is 0. The third-order valence-electron chi connectivity index (χ3n) is 5.29. The first-order chi connectivity index (χ1) is 10.1. The Morgan fingerprint density at radius 3 is 2.12 bits per heavy atom. The molecule has 0 aromatic heterocycles. The van der Waals surface area contributed by atoms with E-state index in [1.54, 1.807) is 0 Å². The molecule has 0 aromatic carbocycles. The van der Waals surface area contributed by atoms with Crippen molar-refractivity contribution < 1.29 is 50.0 Å². The fourth-order valence-electron chi connectivity index (χ4n) is 3.99. The zero-order valence-electron chi connectivity index (χ0n) is 15.9. The van der Waals surface area contributed by atoms with E-state index in [0.717, 1.165) is 12.8 Å². The summed E-state index contributed by atoms with van der Waals surface area (Å²) in [7, 11) is 1.88. The molecule has 1 unspecified atom stereocenters. The Kier molecular flexibility index (Phi) is 8.35. The summed E-state index contributed by atoms with van der Waals surface area (Å²) in [6, 6.07) is 0. The summed E-state index contributed by atoms with van der Waals surface area (Å²) >= 11 is 2.25. The van der Waals surface area contributed by atoms with Crippen molar-refractivity contribution in [3.05, 3.63) is 44.9 Å². The van der Waals surface area contributed by atoms with Crippen LogP contribution in [-0.2, 0) is 25.2 Å². The average molecular weight is 404 g/mol. The Labute approximate surface area is 172 Å². The minimum Gasteiger partial charge on any atom is -1.00 e. The smallest absolute Gasteiger partial charge is 1.00 e. The van der Waals surface area contributed by atoms with E-state index >= 15 is 0 Å². The Bertz CT molecular complexity index is 591. The summed E-state index contributed by atoms with van der Waals surface area (Å²) in [5.41, 5.74) is 3.94. The summed E-state index contributed by atoms with van der Waals surface area (Å²) in [5.74, 6) is 0. The molecule has 133 valence electrons. The van der Waals surface area contributed by atoms with Crippen LogP contribution in [0.1, 0.15) is 54.4 Å². The molecule has 0 heterocycles. The Morgan fingerprint density at radius 2 is 1.71 bits per heavy atom. The van der Waals surface area contributed by atoms with Crippen molar-refractivity contribution in [3.63, 3.8) is 0 Å². The number of ether oxygens (including phenoxy) is 1. The largest absolute Gasteiger partial charge is 1.00 e. The van der Waals surface area contributed by atoms with Gasteiger partial charge in [0.05, 0.1) is 0 Å². The Morgan fingerprint density at radius 1 is 1.12 bits per heavy atom. The van der Waals surface area contributed by atoms with Gasteiger partial charge in [0.2, 0.25) is 0 Å². The van der Waals surface area contributed by atoms with Crippen LogP contribution in [0, 0.1) is 10.8 Å². The SMILES string of the molecule is COC1(C(C)(C)C2=[C]([Ti+2])CC=C2)CC=C(C)C=C1C(C)(C)C.[Cl-].[Cl-]. The van der Waals surface area contributed by atoms with Crippen LogP contribution in [0.4, 0.5) is 0 Å². The fourth-order valence-corrected chi connectivity index (χ4v) is 4.79. The van der Waals surface area contributed by atoms with Gasteiger partial charge in [0.15, 0.2) is 0 Å². The summed E-state index contributed by atoms with van der Waals surface area (Å²) in [6.45, 7) is 13.8. The second-order valence-corrected chi connectivity index (χ2v) is 9.06. The Balaban J connectivity index is 0.00000264. The molecule has 1 atom stereocenters. The quantitative estimate of drug-likeness (QED) is 0.576. The van der Waals surface area contributed by atoms with E-state index < -0.39 is 0 Å². The molecule has 2 rings (SSSR count). The molecule has 1 nitrogen and oxygen atoms in total. The topological polar surface area (TPSA) is 9.23 Å². The van der Waals surface area contributed by atoms with E-state index in [0.29, 0.717) is 0 Å². The van der Waals surface area contributed by atoms with Gasteiger partial charge in [0.25, 0.3) is 0 Å². The first kappa shape index (κ1) is 24.2. The van der Waals surface area contributed by atoms with Gasteiger partial charge in [-0.25, -0.2) is 0 Å². The van der Waals surface area contributed by atoms with Crippen molar-refractivity contribution in [1.82, 2.24) is 0 Å². The van der Waals surface area contributed by atoms with Crippen LogP contribution in [0.25, 0.3) is 0 Å². The van der Waals surface area contributed by atoms with Crippen molar-refractivity contribution in [2.45, 2.75) is 60.0 Å². The molecule has 0 saturated heterocycles. The Hall–Kier alpha value is 0.214. The molecule has 0 aliphatic heterocycles. The predicted molar refractivity (Wildman–Crippen MR) is 90.2 cm³/mol. The van der Waals surface area contributed by atoms with Crippen molar-refractivity contribution >= 4 is 0 Å². The van der Waals surface area contributed by atoms with Crippen molar-refractivity contribution in [2.24, 2.45) is 10.8 Å². The molecule has 4 heteroatoms. The normalized spacial score (nSPS) is 24.2. The van der Waals surface area contributed by atoms with Gasteiger partial charge in [0, 0.05) is 0 Å². The van der Waals surface area contributed by atoms with Gasteiger partial charge in [-0.3, -0.25) is 0 Å². The molecule has 0 amide bonds. The van der Waals surface area contributed by atoms with E-state index in [1.807, 2.05) is 7.11 Å². The standard InChI is InChI=1S/C20H29O.2ClH.Ti/c1-15-12-13-20(21-7,17(14-15)18(2,3)4)19(5,6)16-10-8-9-11-16;;;/h8,10,12,14H,9,13H2,1-7H3;2*1H;/q;;;+2/p-2. The third-order valence-corrected chi connectivity index (χ3v) is 6.03. The molecular formula is C20H29Cl2OTi. The molecule has 2 aliphatic rings. The van der Waals surface area contributed by atoms with E-state index in [9.17, 15) is 0 Å². The van der Waals surface area contributed by atoms with Gasteiger partial charge in [-0.2, -0.15) is 0 Å². The van der Waals surface area contributed by atoms with Gasteiger partial charge in [0.1, 0.15) is 0 Å². The maximum Gasteiger partial charge on any atom is -1.00 e. The van der Waals surface area contributed by atoms with E-state index in [2.05, 4.69) is 86.3 Å². The van der Waals surface area contributed by atoms with E-state index in [1.165, 1.54) is 20.6 Å². The molecule has 0 spiro atoms. The van der Waals surface area contributed by atoms with Gasteiger partial charge < -0.3 is 24.8 Å². The van der Waals surface area contributed by atoms with Crippen molar-refractivity contribution in [2.75, 3.05) is 7.11 Å². The molecule has 0 fully saturated rings. The van der Waals surface area contributed by atoms with Crippen molar-refractivity contribution in [1.29, 1.82) is 0 Å². The second-order valence-electron chi connectivity index (χ2n) is 8.12. The average Bonchev–Trinajstić information content (AvgIpc) is 2.84. The molecule has 0 aromatic rings. The van der Waals surface area contributed by atoms with E-state index in [4.69, 9.17) is 4.74 Å². The summed E-state index contributed by atoms with van der Waals surface area (Å²) in [6.07, 6.45) is 11.3. The third kappa shape index (κ3) is 3.96. The predicted octanol–water partition coefficient (Wildman–Crippen LogP) is -0.511. The zero-order valence-corrected chi connectivity index (χ0v) is 19.0. The minimum atomic E-state index is -0.282. The molecule has 24 heavy (non-hydrogen) atoms. The van der Waals surface area contributed by atoms with Crippen LogP contribution in [-0.4, -0.2) is 12.7 Å². The van der Waals surface area contributed by atoms with Crippen LogP contribution < -0.4 is 24.8 Å². The van der Waals surface area contributed by atoms with Gasteiger partial charge in [-0.1, -0.05) is 0 Å². The van der Waals surface area contributed by atoms with Crippen LogP contribution in [0.5, 0.6) is 0 Å². The first-order valence-corrected chi connectivity index (χ1v) is 8.90. The minimum absolute atomic E-state index is 0. The fraction of sp³-hybridized carbons (Fsp3) is 0.600. The first-order valence-electron chi connectivity index (χ1n) is 8.12. The number of halogens is 2. The van der Waals surface area contributed by atoms with Crippen LogP contribution >= 0.6 is 0 Å². The number of rotatable bonds is 3. The number of hydrogen-bond acceptors (Lipinski definition) is 1. The molecule has 0 bridgehead atoms. The maximum absolute atomic E-state index is 6.31. The van der Waals surface area contributed by atoms with Crippen LogP contribution in [0.15, 0.2) is 44.9 Å². The van der Waals surface area contributed by atoms with Crippen LogP contribution in [0.3, 0.4) is 0 Å². The number of methoxy groups -OCH3 is 1. The second kappa shape index (κ2) is 8.27. The number of allylic oxidation sites excluding steroid dienone is 5. The summed E-state index contributed by atoms with van der Waals surface area (Å²) < 4.78 is 7.78. The van der Waals surface area contributed by atoms with Crippen molar-refractivity contribution in [3.8, 4) is 0 Å². The summed E-state index contributed by atoms with van der Waals surface area (Å²) in [4.78, 5) is 0. The molecule has 2 aliphatic carbocycles. The molecular weight excluding hydrogens is 375 g/mol. The summed E-state index contributed by atoms with van der Waals surface area (Å²) in [5, 5.41) is 0. The van der Waals surface area contributed by atoms with Crippen LogP contribution in [0.2, 0.25) is 0 Å². The zero-order chi connectivity index (χ0) is 16.8. The monoisotopic (exact) mass is 403 g/mol.